The molecule has 0 saturated carbocycles. The molecule has 0 aromatic heterocycles. The summed E-state index contributed by atoms with van der Waals surface area (Å²) in [4.78, 5) is 0. The van der Waals surface area contributed by atoms with E-state index in [2.05, 4.69) is 95.6 Å². The van der Waals surface area contributed by atoms with Gasteiger partial charge in [0.05, 0.1) is 4.48 Å². The van der Waals surface area contributed by atoms with Gasteiger partial charge in [0.1, 0.15) is 3.23 Å². The molecule has 0 aliphatic carbocycles. The molecule has 0 N–H and O–H groups in total. The first kappa shape index (κ1) is 16.4. The Balaban J connectivity index is 5.00. The molecule has 0 bridgehead atoms. The zero-order chi connectivity index (χ0) is 11.8. The highest BCUT2D eigenvalue weighted by molar-refractivity contribution is 9.41. The van der Waals surface area contributed by atoms with E-state index in [1.165, 1.54) is 0 Å². The molecule has 9 heteroatoms. The third kappa shape index (κ3) is 5.16. The molecule has 0 aliphatic heterocycles. The Morgan fingerprint density at radius 1 is 0.929 bits per heavy atom. The topological polar surface area (TPSA) is 0 Å². The Bertz CT molecular complexity index is 237. The summed E-state index contributed by atoms with van der Waals surface area (Å²) in [6.45, 7) is 0. The molecule has 14 heavy (non-hydrogen) atoms. The van der Waals surface area contributed by atoms with Gasteiger partial charge in [0, 0.05) is 0 Å². The fraction of sp³-hybridized carbons (Fsp3) is 0.600. The lowest BCUT2D eigenvalue weighted by atomic mass is 10.4. The van der Waals surface area contributed by atoms with E-state index in [0.717, 1.165) is 6.08 Å². The molecule has 0 fully saturated rings. The maximum Gasteiger partial charge on any atom is 0.422 e. The predicted molar refractivity (Wildman–Crippen MR) is 73.2 cm³/mol. The van der Waals surface area contributed by atoms with Crippen LogP contribution in [0.3, 0.4) is 0 Å². The first-order valence-electron chi connectivity index (χ1n) is 2.78. The standard InChI is InChI=1S/C5HBr6F3/c6-2(4(12,13)14)1-3(7,8)5(9,10)11/h1H. The van der Waals surface area contributed by atoms with Crippen molar-refractivity contribution in [2.75, 3.05) is 0 Å². The zero-order valence-corrected chi connectivity index (χ0v) is 15.5. The number of halogens is 9. The number of allylic oxidation sites excluding steroid dienone is 2. The van der Waals surface area contributed by atoms with Crippen molar-refractivity contribution in [3.63, 3.8) is 0 Å². The number of hydrogen-bond acceptors (Lipinski definition) is 0. The molecule has 0 heterocycles. The van der Waals surface area contributed by atoms with Crippen LogP contribution in [0.5, 0.6) is 0 Å². The third-order valence-electron chi connectivity index (χ3n) is 0.957. The highest BCUT2D eigenvalue weighted by Gasteiger charge is 2.44. The van der Waals surface area contributed by atoms with Crippen LogP contribution < -0.4 is 0 Å². The largest absolute Gasteiger partial charge is 0.422 e. The normalized spacial score (nSPS) is 15.9. The van der Waals surface area contributed by atoms with E-state index in [1.54, 1.807) is 0 Å². The fourth-order valence-corrected chi connectivity index (χ4v) is 2.08. The molecular formula is C5HBr6F3. The van der Waals surface area contributed by atoms with Gasteiger partial charge in [-0.05, 0) is 22.0 Å². The van der Waals surface area contributed by atoms with Gasteiger partial charge in [-0.15, -0.1) is 0 Å². The monoisotopic (exact) mass is 592 g/mol. The van der Waals surface area contributed by atoms with E-state index in [0.29, 0.717) is 0 Å². The Kier molecular flexibility index (Phi) is 6.29. The van der Waals surface area contributed by atoms with Crippen LogP contribution in [0.1, 0.15) is 0 Å². The minimum atomic E-state index is -4.41. The lowest BCUT2D eigenvalue weighted by molar-refractivity contribution is -0.0830. The molecule has 0 aromatic rings. The summed E-state index contributed by atoms with van der Waals surface area (Å²) in [5.41, 5.74) is 0. The van der Waals surface area contributed by atoms with Crippen LogP contribution in [-0.2, 0) is 0 Å². The van der Waals surface area contributed by atoms with Gasteiger partial charge in [0.15, 0.2) is 2.14 Å². The molecule has 0 saturated heterocycles. The predicted octanol–water partition coefficient (Wildman–Crippen LogP) is 6.15. The van der Waals surface area contributed by atoms with Crippen molar-refractivity contribution in [1.29, 1.82) is 0 Å². The minimum absolute atomic E-state index is 0.888. The van der Waals surface area contributed by atoms with Crippen molar-refractivity contribution in [1.82, 2.24) is 0 Å². The SMILES string of the molecule is FC(F)(F)C(Br)=CC(Br)(Br)C(Br)(Br)Br. The Hall–Kier alpha value is 2.41. The molecular weight excluding hydrogens is 596 g/mol. The van der Waals surface area contributed by atoms with Gasteiger partial charge >= 0.3 is 6.18 Å². The Morgan fingerprint density at radius 3 is 1.50 bits per heavy atom. The molecule has 0 nitrogen and oxygen atoms in total. The van der Waals surface area contributed by atoms with E-state index < -0.39 is 16.0 Å². The average molecular weight is 597 g/mol. The van der Waals surface area contributed by atoms with E-state index >= 15 is 0 Å². The number of alkyl halides is 8. The molecule has 0 aliphatic rings. The van der Waals surface area contributed by atoms with Crippen molar-refractivity contribution in [3.05, 3.63) is 10.6 Å². The lowest BCUT2D eigenvalue weighted by Crippen LogP contribution is -2.27. The van der Waals surface area contributed by atoms with E-state index in [-0.39, 0.29) is 0 Å². The van der Waals surface area contributed by atoms with Gasteiger partial charge in [0.25, 0.3) is 0 Å². The van der Waals surface area contributed by atoms with E-state index in [9.17, 15) is 13.2 Å². The molecule has 0 radical (unpaired) electrons. The summed E-state index contributed by atoms with van der Waals surface area (Å²) < 4.78 is 33.5. The lowest BCUT2D eigenvalue weighted by Gasteiger charge is -2.27. The van der Waals surface area contributed by atoms with Crippen molar-refractivity contribution >= 4 is 95.6 Å². The third-order valence-corrected chi connectivity index (χ3v) is 8.35. The van der Waals surface area contributed by atoms with E-state index in [4.69, 9.17) is 0 Å². The van der Waals surface area contributed by atoms with Crippen molar-refractivity contribution in [2.24, 2.45) is 0 Å². The summed E-state index contributed by atoms with van der Waals surface area (Å²) in [5.74, 6) is 0. The molecule has 0 amide bonds. The van der Waals surface area contributed by atoms with E-state index in [1.807, 2.05) is 0 Å². The van der Waals surface area contributed by atoms with Gasteiger partial charge in [-0.1, -0.05) is 79.6 Å². The molecule has 0 rings (SSSR count). The maximum atomic E-state index is 12.2. The van der Waals surface area contributed by atoms with Gasteiger partial charge in [-0.25, -0.2) is 0 Å². The van der Waals surface area contributed by atoms with Crippen LogP contribution in [0.15, 0.2) is 10.6 Å². The molecule has 84 valence electrons. The van der Waals surface area contributed by atoms with Crippen LogP contribution in [0, 0.1) is 0 Å². The van der Waals surface area contributed by atoms with Gasteiger partial charge in [-0.3, -0.25) is 0 Å². The Labute approximate surface area is 129 Å². The molecule has 0 aromatic carbocycles. The molecule has 0 unspecified atom stereocenters. The number of hydrogen-bond donors (Lipinski definition) is 0. The summed E-state index contributed by atoms with van der Waals surface area (Å²) >= 11 is 17.9. The minimum Gasteiger partial charge on any atom is -0.166 e. The second-order valence-corrected chi connectivity index (χ2v) is 13.3. The second kappa shape index (κ2) is 5.37. The highest BCUT2D eigenvalue weighted by atomic mass is 80.0. The van der Waals surface area contributed by atoms with Crippen LogP contribution >= 0.6 is 95.6 Å². The first-order chi connectivity index (χ1) is 5.88. The average Bonchev–Trinajstić information content (AvgIpc) is 1.80. The van der Waals surface area contributed by atoms with Crippen molar-refractivity contribution in [3.8, 4) is 0 Å². The van der Waals surface area contributed by atoms with Crippen LogP contribution in [0.2, 0.25) is 0 Å². The van der Waals surface area contributed by atoms with Crippen molar-refractivity contribution in [2.45, 2.75) is 11.6 Å². The summed E-state index contributed by atoms with van der Waals surface area (Å²) in [5, 5.41) is 0. The maximum absolute atomic E-state index is 12.2. The first-order valence-corrected chi connectivity index (χ1v) is 7.54. The summed E-state index contributed by atoms with van der Waals surface area (Å²) in [6.07, 6.45) is -3.49. The van der Waals surface area contributed by atoms with Crippen LogP contribution in [0.4, 0.5) is 13.2 Å². The smallest absolute Gasteiger partial charge is 0.166 e. The van der Waals surface area contributed by atoms with Crippen LogP contribution in [-0.4, -0.2) is 11.6 Å². The molecule has 0 atom stereocenters. The highest BCUT2D eigenvalue weighted by Crippen LogP contribution is 2.54. The zero-order valence-electron chi connectivity index (χ0n) is 5.98. The quantitative estimate of drug-likeness (QED) is 0.318. The fourth-order valence-electron chi connectivity index (χ4n) is 0.323. The molecule has 0 spiro atoms. The Morgan fingerprint density at radius 2 is 1.29 bits per heavy atom. The summed E-state index contributed by atoms with van der Waals surface area (Å²) in [7, 11) is 0. The van der Waals surface area contributed by atoms with Gasteiger partial charge < -0.3 is 0 Å². The van der Waals surface area contributed by atoms with Gasteiger partial charge in [-0.2, -0.15) is 13.2 Å². The van der Waals surface area contributed by atoms with Crippen LogP contribution in [0.25, 0.3) is 0 Å². The second-order valence-electron chi connectivity index (χ2n) is 2.11. The number of rotatable bonds is 1. The van der Waals surface area contributed by atoms with Gasteiger partial charge in [0.2, 0.25) is 0 Å². The summed E-state index contributed by atoms with van der Waals surface area (Å²) in [6, 6.07) is 0. The van der Waals surface area contributed by atoms with Crippen molar-refractivity contribution < 1.29 is 13.2 Å².